The predicted octanol–water partition coefficient (Wildman–Crippen LogP) is 3.93. The Morgan fingerprint density at radius 1 is 0.933 bits per heavy atom. The largest absolute Gasteiger partial charge is 0.497 e. The molecule has 1 N–H and O–H groups in total. The van der Waals surface area contributed by atoms with Crippen molar-refractivity contribution in [1.82, 2.24) is 9.62 Å². The number of nitrogens with zero attached hydrogens (tertiary/aromatic N) is 1. The minimum absolute atomic E-state index is 0.00256. The molecule has 0 spiro atoms. The van der Waals surface area contributed by atoms with E-state index in [1.807, 2.05) is 4.90 Å². The van der Waals surface area contributed by atoms with Crippen LogP contribution in [0.5, 0.6) is 5.75 Å². The van der Waals surface area contributed by atoms with E-state index < -0.39 is 10.0 Å². The van der Waals surface area contributed by atoms with Gasteiger partial charge in [0.15, 0.2) is 0 Å². The zero-order valence-corrected chi connectivity index (χ0v) is 19.2. The second kappa shape index (κ2) is 10.6. The zero-order chi connectivity index (χ0) is 22.3. The van der Waals surface area contributed by atoms with Crippen molar-refractivity contribution in [2.24, 2.45) is 11.8 Å². The van der Waals surface area contributed by atoms with Gasteiger partial charge in [0, 0.05) is 25.2 Å². The smallest absolute Gasteiger partial charge is 0.253 e. The van der Waals surface area contributed by atoms with Gasteiger partial charge in [-0.05, 0) is 53.8 Å². The fourth-order valence-corrected chi connectivity index (χ4v) is 4.10. The van der Waals surface area contributed by atoms with Crippen LogP contribution < -0.4 is 9.46 Å². The van der Waals surface area contributed by atoms with Crippen molar-refractivity contribution in [2.75, 3.05) is 20.2 Å². The summed E-state index contributed by atoms with van der Waals surface area (Å²) in [5.41, 5.74) is 1.39. The van der Waals surface area contributed by atoms with Gasteiger partial charge in [-0.2, -0.15) is 0 Å². The maximum Gasteiger partial charge on any atom is 0.253 e. The van der Waals surface area contributed by atoms with E-state index in [9.17, 15) is 13.2 Å². The Hall–Kier alpha value is -2.38. The third-order valence-electron chi connectivity index (χ3n) is 4.50. The number of amides is 1. The Kier molecular flexibility index (Phi) is 8.43. The number of carbonyl (C=O) groups excluding carboxylic acids is 1. The van der Waals surface area contributed by atoms with Crippen molar-refractivity contribution in [1.29, 1.82) is 0 Å². The molecule has 0 saturated carbocycles. The minimum Gasteiger partial charge on any atom is -0.497 e. The van der Waals surface area contributed by atoms with Gasteiger partial charge in [0.05, 0.1) is 12.0 Å². The van der Waals surface area contributed by atoms with Crippen molar-refractivity contribution in [3.05, 3.63) is 59.7 Å². The monoisotopic (exact) mass is 432 g/mol. The summed E-state index contributed by atoms with van der Waals surface area (Å²) in [4.78, 5) is 14.9. The molecule has 164 valence electrons. The van der Waals surface area contributed by atoms with E-state index >= 15 is 0 Å². The lowest BCUT2D eigenvalue weighted by atomic mass is 10.1. The third kappa shape index (κ3) is 6.85. The molecule has 0 aromatic heterocycles. The predicted molar refractivity (Wildman–Crippen MR) is 119 cm³/mol. The first-order chi connectivity index (χ1) is 14.1. The Balaban J connectivity index is 2.04. The lowest BCUT2D eigenvalue weighted by molar-refractivity contribution is 0.0715. The van der Waals surface area contributed by atoms with E-state index in [0.717, 1.165) is 5.56 Å². The molecule has 2 aromatic carbocycles. The van der Waals surface area contributed by atoms with Crippen LogP contribution in [0, 0.1) is 11.8 Å². The molecule has 0 aliphatic heterocycles. The Morgan fingerprint density at radius 2 is 1.47 bits per heavy atom. The normalized spacial score (nSPS) is 11.7. The summed E-state index contributed by atoms with van der Waals surface area (Å²) in [6, 6.07) is 13.3. The van der Waals surface area contributed by atoms with Crippen LogP contribution in [0.1, 0.15) is 43.6 Å². The van der Waals surface area contributed by atoms with E-state index in [4.69, 9.17) is 4.74 Å². The number of carbonyl (C=O) groups is 1. The first kappa shape index (κ1) is 23.9. The number of nitrogens with one attached hydrogen (secondary N) is 1. The van der Waals surface area contributed by atoms with Gasteiger partial charge < -0.3 is 9.64 Å². The highest BCUT2D eigenvalue weighted by molar-refractivity contribution is 7.89. The molecule has 0 aliphatic rings. The molecular formula is C23H32N2O4S. The Labute approximate surface area is 180 Å². The fourth-order valence-electron chi connectivity index (χ4n) is 3.09. The van der Waals surface area contributed by atoms with E-state index in [1.54, 1.807) is 36.4 Å². The second-order valence-electron chi connectivity index (χ2n) is 8.19. The maximum atomic E-state index is 12.9. The van der Waals surface area contributed by atoms with Crippen LogP contribution in [0.3, 0.4) is 0 Å². The van der Waals surface area contributed by atoms with E-state index in [1.165, 1.54) is 19.2 Å². The van der Waals surface area contributed by atoms with Crippen LogP contribution in [-0.2, 0) is 16.6 Å². The van der Waals surface area contributed by atoms with Gasteiger partial charge >= 0.3 is 0 Å². The molecule has 0 bridgehead atoms. The van der Waals surface area contributed by atoms with Crippen molar-refractivity contribution < 1.29 is 17.9 Å². The van der Waals surface area contributed by atoms with Crippen LogP contribution in [0.4, 0.5) is 0 Å². The average Bonchev–Trinajstić information content (AvgIpc) is 2.71. The lowest BCUT2D eigenvalue weighted by Crippen LogP contribution is -2.37. The van der Waals surface area contributed by atoms with Crippen molar-refractivity contribution in [3.63, 3.8) is 0 Å². The number of sulfonamides is 1. The standard InChI is InChI=1S/C23H32N2O4S/c1-17(2)15-25(16-18(3)4)23(26)20-8-6-19(7-9-20)14-24-30(27,28)22-12-10-21(29-5)11-13-22/h6-13,17-18,24H,14-16H2,1-5H3. The van der Waals surface area contributed by atoms with E-state index in [0.29, 0.717) is 36.2 Å². The minimum atomic E-state index is -3.63. The Bertz CT molecular complexity index is 911. The molecule has 0 radical (unpaired) electrons. The maximum absolute atomic E-state index is 12.9. The van der Waals surface area contributed by atoms with Gasteiger partial charge in [-0.3, -0.25) is 4.79 Å². The van der Waals surface area contributed by atoms with Crippen molar-refractivity contribution in [3.8, 4) is 5.75 Å². The average molecular weight is 433 g/mol. The van der Waals surface area contributed by atoms with Crippen molar-refractivity contribution in [2.45, 2.75) is 39.1 Å². The quantitative estimate of drug-likeness (QED) is 0.617. The Morgan fingerprint density at radius 3 is 1.93 bits per heavy atom. The molecule has 7 heteroatoms. The summed E-state index contributed by atoms with van der Waals surface area (Å²) in [6.45, 7) is 9.94. The molecule has 2 aromatic rings. The molecule has 0 heterocycles. The topological polar surface area (TPSA) is 75.7 Å². The number of hydrogen-bond donors (Lipinski definition) is 1. The van der Waals surface area contributed by atoms with Gasteiger partial charge in [0.1, 0.15) is 5.75 Å². The molecule has 2 rings (SSSR count). The van der Waals surface area contributed by atoms with Gasteiger partial charge in [0.25, 0.3) is 5.91 Å². The third-order valence-corrected chi connectivity index (χ3v) is 5.91. The van der Waals surface area contributed by atoms with Crippen molar-refractivity contribution >= 4 is 15.9 Å². The summed E-state index contributed by atoms with van der Waals surface area (Å²) >= 11 is 0. The molecule has 0 unspecified atom stereocenters. The van der Waals surface area contributed by atoms with Crippen LogP contribution >= 0.6 is 0 Å². The summed E-state index contributed by atoms with van der Waals surface area (Å²) in [7, 11) is -2.10. The number of rotatable bonds is 10. The summed E-state index contributed by atoms with van der Waals surface area (Å²) in [5.74, 6) is 1.37. The first-order valence-corrected chi connectivity index (χ1v) is 11.6. The lowest BCUT2D eigenvalue weighted by Gasteiger charge is -2.26. The molecule has 0 atom stereocenters. The highest BCUT2D eigenvalue weighted by Crippen LogP contribution is 2.16. The summed E-state index contributed by atoms with van der Waals surface area (Å²) in [5, 5.41) is 0. The molecule has 0 fully saturated rings. The number of ether oxygens (including phenoxy) is 1. The summed E-state index contributed by atoms with van der Waals surface area (Å²) < 4.78 is 32.6. The first-order valence-electron chi connectivity index (χ1n) is 10.1. The van der Waals surface area contributed by atoms with Gasteiger partial charge in [-0.25, -0.2) is 13.1 Å². The second-order valence-corrected chi connectivity index (χ2v) is 9.96. The molecule has 0 aliphatic carbocycles. The molecule has 0 saturated heterocycles. The number of methoxy groups -OCH3 is 1. The molecule has 1 amide bonds. The van der Waals surface area contributed by atoms with Crippen LogP contribution in [0.2, 0.25) is 0 Å². The molecule has 6 nitrogen and oxygen atoms in total. The van der Waals surface area contributed by atoms with Crippen LogP contribution in [0.15, 0.2) is 53.4 Å². The fraction of sp³-hybridized carbons (Fsp3) is 0.435. The highest BCUT2D eigenvalue weighted by atomic mass is 32.2. The SMILES string of the molecule is COc1ccc(S(=O)(=O)NCc2ccc(C(=O)N(CC(C)C)CC(C)C)cc2)cc1. The van der Waals surface area contributed by atoms with E-state index in [2.05, 4.69) is 32.4 Å². The van der Waals surface area contributed by atoms with Gasteiger partial charge in [-0.1, -0.05) is 39.8 Å². The molecular weight excluding hydrogens is 400 g/mol. The number of hydrogen-bond acceptors (Lipinski definition) is 4. The van der Waals surface area contributed by atoms with Crippen LogP contribution in [-0.4, -0.2) is 39.4 Å². The summed E-state index contributed by atoms with van der Waals surface area (Å²) in [6.07, 6.45) is 0. The van der Waals surface area contributed by atoms with Gasteiger partial charge in [-0.15, -0.1) is 0 Å². The number of benzene rings is 2. The van der Waals surface area contributed by atoms with Crippen LogP contribution in [0.25, 0.3) is 0 Å². The molecule has 30 heavy (non-hydrogen) atoms. The highest BCUT2D eigenvalue weighted by Gasteiger charge is 2.18. The zero-order valence-electron chi connectivity index (χ0n) is 18.4. The van der Waals surface area contributed by atoms with E-state index in [-0.39, 0.29) is 17.3 Å². The van der Waals surface area contributed by atoms with Gasteiger partial charge in [0.2, 0.25) is 10.0 Å².